The zero-order valence-electron chi connectivity index (χ0n) is 13.8. The van der Waals surface area contributed by atoms with Crippen LogP contribution in [0.3, 0.4) is 0 Å². The van der Waals surface area contributed by atoms with Gasteiger partial charge >= 0.3 is 0 Å². The summed E-state index contributed by atoms with van der Waals surface area (Å²) in [6.07, 6.45) is 7.57. The molecule has 1 fully saturated rings. The van der Waals surface area contributed by atoms with Crippen molar-refractivity contribution in [3.05, 3.63) is 48.0 Å². The van der Waals surface area contributed by atoms with E-state index in [1.165, 1.54) is 6.42 Å². The van der Waals surface area contributed by atoms with E-state index in [9.17, 15) is 0 Å². The smallest absolute Gasteiger partial charge is 0.222 e. The van der Waals surface area contributed by atoms with Gasteiger partial charge in [0.25, 0.3) is 0 Å². The van der Waals surface area contributed by atoms with Crippen molar-refractivity contribution in [3.8, 4) is 0 Å². The van der Waals surface area contributed by atoms with Gasteiger partial charge in [0.15, 0.2) is 0 Å². The molecular weight excluding hydrogens is 336 g/mol. The van der Waals surface area contributed by atoms with E-state index in [4.69, 9.17) is 11.6 Å². The molecule has 3 aromatic rings. The van der Waals surface area contributed by atoms with E-state index >= 15 is 0 Å². The molecule has 1 unspecified atom stereocenters. The van der Waals surface area contributed by atoms with Crippen molar-refractivity contribution in [2.45, 2.75) is 12.8 Å². The van der Waals surface area contributed by atoms with Gasteiger partial charge in [-0.2, -0.15) is 0 Å². The van der Waals surface area contributed by atoms with E-state index in [-0.39, 0.29) is 0 Å². The lowest BCUT2D eigenvalue weighted by Gasteiger charge is -2.34. The molecule has 1 saturated heterocycles. The molecule has 0 saturated carbocycles. The van der Waals surface area contributed by atoms with Gasteiger partial charge in [-0.05, 0) is 37.0 Å². The predicted molar refractivity (Wildman–Crippen MR) is 100 cm³/mol. The van der Waals surface area contributed by atoms with Crippen molar-refractivity contribution < 1.29 is 0 Å². The largest absolute Gasteiger partial charge is 0.356 e. The maximum Gasteiger partial charge on any atom is 0.222 e. The predicted octanol–water partition coefficient (Wildman–Crippen LogP) is 3.40. The first-order valence-electron chi connectivity index (χ1n) is 8.47. The zero-order valence-corrected chi connectivity index (χ0v) is 14.5. The minimum atomic E-state index is 0.485. The van der Waals surface area contributed by atoms with Crippen molar-refractivity contribution in [3.63, 3.8) is 0 Å². The molecule has 0 amide bonds. The van der Waals surface area contributed by atoms with Crippen LogP contribution in [0.25, 0.3) is 10.9 Å². The summed E-state index contributed by atoms with van der Waals surface area (Å²) >= 11 is 6.21. The zero-order chi connectivity index (χ0) is 17.1. The fourth-order valence-electron chi connectivity index (χ4n) is 3.32. The van der Waals surface area contributed by atoms with Crippen LogP contribution in [0.15, 0.2) is 42.9 Å². The SMILES string of the molecule is Clc1cc2ncccc2c(N2CCCC(CNc3ncccn3)C2)n1. The summed E-state index contributed by atoms with van der Waals surface area (Å²) in [6, 6.07) is 7.63. The average Bonchev–Trinajstić information content (AvgIpc) is 2.67. The fourth-order valence-corrected chi connectivity index (χ4v) is 3.50. The van der Waals surface area contributed by atoms with Gasteiger partial charge < -0.3 is 10.2 Å². The van der Waals surface area contributed by atoms with Gasteiger partial charge in [-0.25, -0.2) is 15.0 Å². The average molecular weight is 355 g/mol. The fraction of sp³-hybridized carbons (Fsp3) is 0.333. The van der Waals surface area contributed by atoms with E-state index < -0.39 is 0 Å². The van der Waals surface area contributed by atoms with Crippen molar-refractivity contribution in [2.75, 3.05) is 29.9 Å². The van der Waals surface area contributed by atoms with E-state index in [1.807, 2.05) is 18.2 Å². The number of fused-ring (bicyclic) bond motifs is 1. The minimum Gasteiger partial charge on any atom is -0.356 e. The minimum absolute atomic E-state index is 0.485. The molecule has 3 aromatic heterocycles. The monoisotopic (exact) mass is 354 g/mol. The third kappa shape index (κ3) is 3.64. The summed E-state index contributed by atoms with van der Waals surface area (Å²) in [7, 11) is 0. The van der Waals surface area contributed by atoms with Crippen LogP contribution >= 0.6 is 11.6 Å². The number of aromatic nitrogens is 4. The molecule has 6 nitrogen and oxygen atoms in total. The second kappa shape index (κ2) is 7.19. The summed E-state index contributed by atoms with van der Waals surface area (Å²) in [4.78, 5) is 19.8. The molecule has 1 atom stereocenters. The Hall–Kier alpha value is -2.47. The Kier molecular flexibility index (Phi) is 4.61. The molecular formula is C18H19ClN6. The van der Waals surface area contributed by atoms with Gasteiger partial charge in [-0.1, -0.05) is 11.6 Å². The lowest BCUT2D eigenvalue weighted by atomic mass is 9.97. The third-order valence-electron chi connectivity index (χ3n) is 4.48. The Morgan fingerprint density at radius 3 is 2.88 bits per heavy atom. The Morgan fingerprint density at radius 2 is 2.00 bits per heavy atom. The van der Waals surface area contributed by atoms with Crippen molar-refractivity contribution in [2.24, 2.45) is 5.92 Å². The molecule has 7 heteroatoms. The number of piperidine rings is 1. The summed E-state index contributed by atoms with van der Waals surface area (Å²) in [5.74, 6) is 2.11. The molecule has 4 heterocycles. The maximum atomic E-state index is 6.21. The summed E-state index contributed by atoms with van der Waals surface area (Å²) < 4.78 is 0. The molecule has 0 bridgehead atoms. The quantitative estimate of drug-likeness (QED) is 0.724. The second-order valence-corrected chi connectivity index (χ2v) is 6.63. The highest BCUT2D eigenvalue weighted by Crippen LogP contribution is 2.29. The van der Waals surface area contributed by atoms with Gasteiger partial charge in [0.05, 0.1) is 5.52 Å². The highest BCUT2D eigenvalue weighted by Gasteiger charge is 2.23. The first-order chi connectivity index (χ1) is 12.3. The number of hydrogen-bond acceptors (Lipinski definition) is 6. The number of nitrogens with zero attached hydrogens (tertiary/aromatic N) is 5. The number of pyridine rings is 2. The highest BCUT2D eigenvalue weighted by molar-refractivity contribution is 6.30. The Bertz CT molecular complexity index is 857. The summed E-state index contributed by atoms with van der Waals surface area (Å²) in [6.45, 7) is 2.75. The standard InChI is InChI=1S/C18H19ClN6/c19-16-10-15-14(5-1-6-20-15)17(24-16)25-9-2-4-13(12-25)11-23-18-21-7-3-8-22-18/h1,3,5-8,10,13H,2,4,9,11-12H2,(H,21,22,23). The van der Waals surface area contributed by atoms with Crippen LogP contribution in [0.4, 0.5) is 11.8 Å². The van der Waals surface area contributed by atoms with Crippen molar-refractivity contribution in [1.82, 2.24) is 19.9 Å². The molecule has 0 spiro atoms. The molecule has 0 aromatic carbocycles. The normalized spacial score (nSPS) is 17.6. The van der Waals surface area contributed by atoms with Crippen LogP contribution in [0, 0.1) is 5.92 Å². The van der Waals surface area contributed by atoms with Crippen LogP contribution in [0.5, 0.6) is 0 Å². The van der Waals surface area contributed by atoms with Crippen LogP contribution in [0.1, 0.15) is 12.8 Å². The van der Waals surface area contributed by atoms with Crippen LogP contribution in [0.2, 0.25) is 5.15 Å². The van der Waals surface area contributed by atoms with Crippen LogP contribution in [-0.2, 0) is 0 Å². The van der Waals surface area contributed by atoms with E-state index in [0.29, 0.717) is 17.0 Å². The van der Waals surface area contributed by atoms with Gasteiger partial charge in [0.1, 0.15) is 11.0 Å². The Morgan fingerprint density at radius 1 is 1.16 bits per heavy atom. The lowest BCUT2D eigenvalue weighted by molar-refractivity contribution is 0.430. The van der Waals surface area contributed by atoms with E-state index in [2.05, 4.69) is 36.2 Å². The van der Waals surface area contributed by atoms with Gasteiger partial charge in [-0.15, -0.1) is 0 Å². The molecule has 1 aliphatic rings. The summed E-state index contributed by atoms with van der Waals surface area (Å²) in [5, 5.41) is 4.86. The number of hydrogen-bond donors (Lipinski definition) is 1. The van der Waals surface area contributed by atoms with Crippen LogP contribution in [-0.4, -0.2) is 39.6 Å². The lowest BCUT2D eigenvalue weighted by Crippen LogP contribution is -2.38. The molecule has 0 radical (unpaired) electrons. The molecule has 1 aliphatic heterocycles. The van der Waals surface area contributed by atoms with E-state index in [1.54, 1.807) is 18.6 Å². The van der Waals surface area contributed by atoms with Gasteiger partial charge in [-0.3, -0.25) is 4.98 Å². The van der Waals surface area contributed by atoms with Crippen molar-refractivity contribution >= 4 is 34.3 Å². The number of halogens is 1. The molecule has 1 N–H and O–H groups in total. The molecule has 0 aliphatic carbocycles. The molecule has 25 heavy (non-hydrogen) atoms. The van der Waals surface area contributed by atoms with Gasteiger partial charge in [0.2, 0.25) is 5.95 Å². The Balaban J connectivity index is 1.51. The first kappa shape index (κ1) is 16.0. The topological polar surface area (TPSA) is 66.8 Å². The molecule has 128 valence electrons. The third-order valence-corrected chi connectivity index (χ3v) is 4.67. The van der Waals surface area contributed by atoms with Crippen molar-refractivity contribution in [1.29, 1.82) is 0 Å². The number of rotatable bonds is 4. The maximum absolute atomic E-state index is 6.21. The number of anilines is 2. The van der Waals surface area contributed by atoms with Gasteiger partial charge in [0, 0.05) is 49.7 Å². The molecule has 4 rings (SSSR count). The van der Waals surface area contributed by atoms with Crippen LogP contribution < -0.4 is 10.2 Å². The first-order valence-corrected chi connectivity index (χ1v) is 8.84. The number of nitrogens with one attached hydrogen (secondary N) is 1. The Labute approximate surface area is 151 Å². The van der Waals surface area contributed by atoms with E-state index in [0.717, 1.165) is 42.8 Å². The second-order valence-electron chi connectivity index (χ2n) is 6.25. The summed E-state index contributed by atoms with van der Waals surface area (Å²) in [5.41, 5.74) is 0.885. The highest BCUT2D eigenvalue weighted by atomic mass is 35.5.